The van der Waals surface area contributed by atoms with Gasteiger partial charge in [-0.1, -0.05) is 140 Å². The highest BCUT2D eigenvalue weighted by Gasteiger charge is 2.23. The highest BCUT2D eigenvalue weighted by molar-refractivity contribution is 7.25. The maximum absolute atomic E-state index is 5.46. The Morgan fingerprint density at radius 1 is 0.351 bits per heavy atom. The van der Waals surface area contributed by atoms with Gasteiger partial charge in [0.2, 0.25) is 5.95 Å². The zero-order valence-electron chi connectivity index (χ0n) is 30.5. The Hall–Kier alpha value is -7.34. The van der Waals surface area contributed by atoms with E-state index in [0.29, 0.717) is 5.95 Å². The molecule has 0 saturated heterocycles. The maximum atomic E-state index is 5.46. The standard InChI is InChI=1S/C52H30N4S/c1-2-14-31(15-3-1)50-49-40-22-10-13-25-46(40)57-51(49)54-52(53-50)56-43-24-12-9-21-39(43)48-45(56)29-28-44-47(48)38-20-8-11-23-42(38)55(44)32-26-27-37-35-18-5-4-16-33(35)34-17-6-7-19-36(34)41(37)30-32/h1-30H. The van der Waals surface area contributed by atoms with E-state index in [1.54, 1.807) is 11.3 Å². The van der Waals surface area contributed by atoms with Gasteiger partial charge in [-0.05, 0) is 74.8 Å². The van der Waals surface area contributed by atoms with Crippen LogP contribution in [0.4, 0.5) is 0 Å². The lowest BCUT2D eigenvalue weighted by molar-refractivity contribution is 1.02. The monoisotopic (exact) mass is 742 g/mol. The molecular formula is C52H30N4S. The summed E-state index contributed by atoms with van der Waals surface area (Å²) >= 11 is 1.73. The van der Waals surface area contributed by atoms with E-state index in [4.69, 9.17) is 9.97 Å². The van der Waals surface area contributed by atoms with Gasteiger partial charge in [0.15, 0.2) is 0 Å². The van der Waals surface area contributed by atoms with Crippen molar-refractivity contribution in [2.45, 2.75) is 0 Å². The molecule has 0 aliphatic heterocycles. The molecule has 4 aromatic heterocycles. The van der Waals surface area contributed by atoms with E-state index in [2.05, 4.69) is 191 Å². The molecule has 4 heterocycles. The fourth-order valence-electron chi connectivity index (χ4n) is 9.56. The van der Waals surface area contributed by atoms with Crippen molar-refractivity contribution in [1.82, 2.24) is 19.1 Å². The summed E-state index contributed by atoms with van der Waals surface area (Å²) in [5.41, 5.74) is 7.69. The number of nitrogens with zero attached hydrogens (tertiary/aromatic N) is 4. The molecule has 0 aliphatic carbocycles. The van der Waals surface area contributed by atoms with Crippen molar-refractivity contribution in [3.8, 4) is 22.9 Å². The molecule has 13 aromatic rings. The van der Waals surface area contributed by atoms with Crippen LogP contribution in [0.25, 0.3) is 119 Å². The Morgan fingerprint density at radius 2 is 0.860 bits per heavy atom. The summed E-state index contributed by atoms with van der Waals surface area (Å²) in [7, 11) is 0. The Morgan fingerprint density at radius 3 is 1.53 bits per heavy atom. The smallest absolute Gasteiger partial charge is 0.236 e. The average Bonchev–Trinajstić information content (AvgIpc) is 3.94. The second kappa shape index (κ2) is 11.6. The highest BCUT2D eigenvalue weighted by atomic mass is 32.1. The number of hydrogen-bond acceptors (Lipinski definition) is 3. The number of thiophene rings is 1. The molecule has 0 aliphatic rings. The van der Waals surface area contributed by atoms with Crippen molar-refractivity contribution in [3.05, 3.63) is 182 Å². The lowest BCUT2D eigenvalue weighted by atomic mass is 9.94. The van der Waals surface area contributed by atoms with Crippen LogP contribution < -0.4 is 0 Å². The third kappa shape index (κ3) is 4.26. The minimum atomic E-state index is 0.677. The Labute approximate surface area is 330 Å². The molecule has 4 nitrogen and oxygen atoms in total. The summed E-state index contributed by atoms with van der Waals surface area (Å²) in [5, 5.41) is 14.8. The lowest BCUT2D eigenvalue weighted by Gasteiger charge is -2.14. The van der Waals surface area contributed by atoms with Gasteiger partial charge in [-0.25, -0.2) is 9.97 Å². The quantitative estimate of drug-likeness (QED) is 0.169. The second-order valence-electron chi connectivity index (χ2n) is 14.9. The fraction of sp³-hybridized carbons (Fsp3) is 0. The van der Waals surface area contributed by atoms with Crippen molar-refractivity contribution in [3.63, 3.8) is 0 Å². The number of benzene rings is 9. The van der Waals surface area contributed by atoms with Crippen molar-refractivity contribution >= 4 is 108 Å². The van der Waals surface area contributed by atoms with Crippen LogP contribution >= 0.6 is 11.3 Å². The molecule has 0 amide bonds. The molecule has 0 fully saturated rings. The third-order valence-electron chi connectivity index (χ3n) is 11.9. The first-order chi connectivity index (χ1) is 28.3. The fourth-order valence-corrected chi connectivity index (χ4v) is 10.6. The number of aromatic nitrogens is 4. The van der Waals surface area contributed by atoms with E-state index < -0.39 is 0 Å². The summed E-state index contributed by atoms with van der Waals surface area (Å²) in [6.07, 6.45) is 0. The van der Waals surface area contributed by atoms with Crippen LogP contribution in [-0.4, -0.2) is 19.1 Å². The predicted molar refractivity (Wildman–Crippen MR) is 242 cm³/mol. The van der Waals surface area contributed by atoms with Crippen LogP contribution in [0.1, 0.15) is 0 Å². The SMILES string of the molecule is c1ccc(-c2nc(-n3c4ccccc4c4c5c6ccccc6n(-c6ccc7c8ccccc8c8ccccc8c7c6)c5ccc43)nc3sc4ccccc4c23)cc1. The van der Waals surface area contributed by atoms with Crippen molar-refractivity contribution in [2.24, 2.45) is 0 Å². The van der Waals surface area contributed by atoms with Gasteiger partial charge in [0.05, 0.1) is 27.8 Å². The van der Waals surface area contributed by atoms with E-state index in [1.807, 2.05) is 0 Å². The molecule has 0 radical (unpaired) electrons. The van der Waals surface area contributed by atoms with Gasteiger partial charge < -0.3 is 4.57 Å². The molecule has 0 bridgehead atoms. The van der Waals surface area contributed by atoms with E-state index in [1.165, 1.54) is 75.0 Å². The second-order valence-corrected chi connectivity index (χ2v) is 15.9. The molecule has 0 N–H and O–H groups in total. The van der Waals surface area contributed by atoms with Gasteiger partial charge in [-0.3, -0.25) is 4.57 Å². The van der Waals surface area contributed by atoms with Crippen LogP contribution in [0.15, 0.2) is 182 Å². The molecule has 5 heteroatoms. The first-order valence-corrected chi connectivity index (χ1v) is 20.2. The van der Waals surface area contributed by atoms with Gasteiger partial charge >= 0.3 is 0 Å². The topological polar surface area (TPSA) is 35.6 Å². The van der Waals surface area contributed by atoms with Crippen LogP contribution in [0.2, 0.25) is 0 Å². The van der Waals surface area contributed by atoms with Crippen molar-refractivity contribution < 1.29 is 0 Å². The Bertz CT molecular complexity index is 3780. The number of para-hydroxylation sites is 2. The number of hydrogen-bond donors (Lipinski definition) is 0. The molecular weight excluding hydrogens is 713 g/mol. The Balaban J connectivity index is 1.13. The molecule has 0 spiro atoms. The van der Waals surface area contributed by atoms with Crippen molar-refractivity contribution in [1.29, 1.82) is 0 Å². The molecule has 0 unspecified atom stereocenters. The Kier molecular flexibility index (Phi) is 6.29. The van der Waals surface area contributed by atoms with Crippen LogP contribution in [0.3, 0.4) is 0 Å². The molecule has 0 atom stereocenters. The van der Waals surface area contributed by atoms with Crippen molar-refractivity contribution in [2.75, 3.05) is 0 Å². The lowest BCUT2D eigenvalue weighted by Crippen LogP contribution is -2.02. The van der Waals surface area contributed by atoms with Crippen LogP contribution in [0, 0.1) is 0 Å². The summed E-state index contributed by atoms with van der Waals surface area (Å²) in [6, 6.07) is 65.9. The first kappa shape index (κ1) is 30.9. The van der Waals surface area contributed by atoms with E-state index in [-0.39, 0.29) is 0 Å². The van der Waals surface area contributed by atoms with Gasteiger partial charge in [0, 0.05) is 48.3 Å². The largest absolute Gasteiger partial charge is 0.309 e. The molecule has 0 saturated carbocycles. The third-order valence-corrected chi connectivity index (χ3v) is 13.0. The average molecular weight is 743 g/mol. The normalized spacial score (nSPS) is 12.2. The molecule has 13 rings (SSSR count). The predicted octanol–water partition coefficient (Wildman–Crippen LogP) is 14.2. The van der Waals surface area contributed by atoms with Gasteiger partial charge in [-0.15, -0.1) is 11.3 Å². The summed E-state index contributed by atoms with van der Waals surface area (Å²) in [5.74, 6) is 0.677. The number of fused-ring (bicyclic) bond motifs is 16. The minimum absolute atomic E-state index is 0.677. The zero-order chi connectivity index (χ0) is 37.2. The van der Waals surface area contributed by atoms with E-state index >= 15 is 0 Å². The number of rotatable bonds is 3. The van der Waals surface area contributed by atoms with E-state index in [9.17, 15) is 0 Å². The van der Waals surface area contributed by atoms with E-state index in [0.717, 1.165) is 38.2 Å². The minimum Gasteiger partial charge on any atom is -0.309 e. The van der Waals surface area contributed by atoms with Crippen LogP contribution in [-0.2, 0) is 0 Å². The molecule has 9 aromatic carbocycles. The first-order valence-electron chi connectivity index (χ1n) is 19.3. The molecule has 57 heavy (non-hydrogen) atoms. The summed E-state index contributed by atoms with van der Waals surface area (Å²) in [4.78, 5) is 11.8. The van der Waals surface area contributed by atoms with Gasteiger partial charge in [0.1, 0.15) is 4.83 Å². The summed E-state index contributed by atoms with van der Waals surface area (Å²) in [6.45, 7) is 0. The van der Waals surface area contributed by atoms with Gasteiger partial charge in [0.25, 0.3) is 0 Å². The zero-order valence-corrected chi connectivity index (χ0v) is 31.3. The maximum Gasteiger partial charge on any atom is 0.236 e. The molecule has 264 valence electrons. The van der Waals surface area contributed by atoms with Gasteiger partial charge in [-0.2, -0.15) is 0 Å². The summed E-state index contributed by atoms with van der Waals surface area (Å²) < 4.78 is 5.94. The van der Waals surface area contributed by atoms with Crippen LogP contribution in [0.5, 0.6) is 0 Å². The highest BCUT2D eigenvalue weighted by Crippen LogP contribution is 2.45.